The molecule has 0 unspecified atom stereocenters. The number of aryl methyl sites for hydroxylation is 1. The van der Waals surface area contributed by atoms with Crippen LogP contribution in [-0.4, -0.2) is 22.8 Å². The number of para-hydroxylation sites is 1. The monoisotopic (exact) mass is 416 g/mol. The van der Waals surface area contributed by atoms with Gasteiger partial charge in [-0.15, -0.1) is 0 Å². The van der Waals surface area contributed by atoms with E-state index in [9.17, 15) is 14.0 Å². The van der Waals surface area contributed by atoms with Gasteiger partial charge in [0.05, 0.1) is 18.3 Å². The Balaban J connectivity index is 1.54. The normalized spacial score (nSPS) is 22.8. The standard InChI is InChI=1S/C25H21FN2O3/c1-16-7-5-6-10-20(16)28-22(18-11-13-19(26)14-12-18)21-23(31-28)25(30)27(24(21)29)15-17-8-3-2-4-9-17/h2-14,21-23H,15H2,1H3/t21-,22+,23+/m1/s1. The molecule has 0 bridgehead atoms. The Morgan fingerprint density at radius 1 is 0.871 bits per heavy atom. The van der Waals surface area contributed by atoms with Crippen molar-refractivity contribution in [3.05, 3.63) is 101 Å². The number of benzene rings is 3. The number of likely N-dealkylation sites (tertiary alicyclic amines) is 1. The summed E-state index contributed by atoms with van der Waals surface area (Å²) >= 11 is 0. The van der Waals surface area contributed by atoms with Crippen LogP contribution >= 0.6 is 0 Å². The van der Waals surface area contributed by atoms with Crippen molar-refractivity contribution < 1.29 is 18.8 Å². The maximum Gasteiger partial charge on any atom is 0.262 e. The first-order valence-electron chi connectivity index (χ1n) is 10.2. The van der Waals surface area contributed by atoms with E-state index in [-0.39, 0.29) is 24.2 Å². The number of amides is 2. The summed E-state index contributed by atoms with van der Waals surface area (Å²) in [6, 6.07) is 22.5. The summed E-state index contributed by atoms with van der Waals surface area (Å²) in [6.07, 6.45) is -0.911. The number of carbonyl (C=O) groups excluding carboxylic acids is 2. The minimum absolute atomic E-state index is 0.204. The second-order valence-corrected chi connectivity index (χ2v) is 7.91. The van der Waals surface area contributed by atoms with Gasteiger partial charge >= 0.3 is 0 Å². The van der Waals surface area contributed by atoms with Crippen molar-refractivity contribution in [1.82, 2.24) is 4.90 Å². The van der Waals surface area contributed by atoms with Gasteiger partial charge < -0.3 is 0 Å². The third kappa shape index (κ3) is 3.29. The molecule has 2 fully saturated rings. The Morgan fingerprint density at radius 3 is 2.26 bits per heavy atom. The zero-order chi connectivity index (χ0) is 21.5. The van der Waals surface area contributed by atoms with Crippen LogP contribution in [0.25, 0.3) is 0 Å². The van der Waals surface area contributed by atoms with Gasteiger partial charge in [-0.1, -0.05) is 60.7 Å². The summed E-state index contributed by atoms with van der Waals surface area (Å²) in [5, 5.41) is 1.65. The lowest BCUT2D eigenvalue weighted by atomic mass is 9.90. The minimum atomic E-state index is -0.911. The Kier molecular flexibility index (Phi) is 4.79. The molecule has 3 atom stereocenters. The van der Waals surface area contributed by atoms with Gasteiger partial charge in [-0.05, 0) is 41.8 Å². The summed E-state index contributed by atoms with van der Waals surface area (Å²) in [4.78, 5) is 34.0. The van der Waals surface area contributed by atoms with E-state index in [0.717, 1.165) is 22.4 Å². The van der Waals surface area contributed by atoms with Crippen molar-refractivity contribution >= 4 is 17.5 Å². The molecule has 2 aliphatic heterocycles. The summed E-state index contributed by atoms with van der Waals surface area (Å²) in [7, 11) is 0. The van der Waals surface area contributed by atoms with E-state index in [1.807, 2.05) is 61.5 Å². The molecule has 0 N–H and O–H groups in total. The fourth-order valence-corrected chi connectivity index (χ4v) is 4.41. The SMILES string of the molecule is Cc1ccccc1N1O[C@@H]2C(=O)N(Cc3ccccc3)C(=O)[C@@H]2[C@@H]1c1ccc(F)cc1. The predicted octanol–water partition coefficient (Wildman–Crippen LogP) is 4.18. The van der Waals surface area contributed by atoms with Crippen molar-refractivity contribution in [2.24, 2.45) is 5.92 Å². The first kappa shape index (κ1) is 19.5. The largest absolute Gasteiger partial charge is 0.275 e. The molecular formula is C25H21FN2O3. The quantitative estimate of drug-likeness (QED) is 0.599. The maximum atomic E-state index is 13.6. The van der Waals surface area contributed by atoms with E-state index < -0.39 is 18.1 Å². The third-order valence-electron chi connectivity index (χ3n) is 5.95. The fourth-order valence-electron chi connectivity index (χ4n) is 4.41. The van der Waals surface area contributed by atoms with Gasteiger partial charge in [0.15, 0.2) is 6.10 Å². The highest BCUT2D eigenvalue weighted by molar-refractivity contribution is 6.07. The van der Waals surface area contributed by atoms with Gasteiger partial charge in [0.25, 0.3) is 5.91 Å². The van der Waals surface area contributed by atoms with Crippen molar-refractivity contribution in [2.45, 2.75) is 25.6 Å². The molecular weight excluding hydrogens is 395 g/mol. The molecule has 3 aromatic rings. The molecule has 0 spiro atoms. The first-order valence-corrected chi connectivity index (χ1v) is 10.2. The molecule has 2 amide bonds. The number of carbonyl (C=O) groups is 2. The van der Waals surface area contributed by atoms with Crippen LogP contribution in [0.4, 0.5) is 10.1 Å². The van der Waals surface area contributed by atoms with Crippen LogP contribution in [0.15, 0.2) is 78.9 Å². The second-order valence-electron chi connectivity index (χ2n) is 7.91. The molecule has 156 valence electrons. The van der Waals surface area contributed by atoms with Crippen LogP contribution in [0, 0.1) is 18.7 Å². The predicted molar refractivity (Wildman–Crippen MR) is 113 cm³/mol. The van der Waals surface area contributed by atoms with Crippen LogP contribution in [-0.2, 0) is 21.0 Å². The fraction of sp³-hybridized carbons (Fsp3) is 0.200. The maximum absolute atomic E-state index is 13.6. The van der Waals surface area contributed by atoms with E-state index >= 15 is 0 Å². The molecule has 2 aliphatic rings. The number of rotatable bonds is 4. The highest BCUT2D eigenvalue weighted by Gasteiger charge is 2.59. The van der Waals surface area contributed by atoms with Gasteiger partial charge in [-0.2, -0.15) is 0 Å². The van der Waals surface area contributed by atoms with Gasteiger partial charge in [0, 0.05) is 0 Å². The topological polar surface area (TPSA) is 49.9 Å². The molecule has 2 heterocycles. The van der Waals surface area contributed by atoms with E-state index in [0.29, 0.717) is 0 Å². The molecule has 0 aromatic heterocycles. The Morgan fingerprint density at radius 2 is 1.55 bits per heavy atom. The van der Waals surface area contributed by atoms with Gasteiger partial charge in [0.1, 0.15) is 11.7 Å². The van der Waals surface area contributed by atoms with Gasteiger partial charge in [-0.3, -0.25) is 19.3 Å². The lowest BCUT2D eigenvalue weighted by Gasteiger charge is -2.29. The zero-order valence-corrected chi connectivity index (χ0v) is 16.9. The number of fused-ring (bicyclic) bond motifs is 1. The first-order chi connectivity index (χ1) is 15.0. The summed E-state index contributed by atoms with van der Waals surface area (Å²) < 4.78 is 13.6. The zero-order valence-electron chi connectivity index (χ0n) is 16.9. The molecule has 0 saturated carbocycles. The molecule has 0 aliphatic carbocycles. The smallest absolute Gasteiger partial charge is 0.262 e. The molecule has 3 aromatic carbocycles. The number of nitrogens with zero attached hydrogens (tertiary/aromatic N) is 2. The number of hydrogen-bond donors (Lipinski definition) is 0. The lowest BCUT2D eigenvalue weighted by molar-refractivity contribution is -0.143. The summed E-state index contributed by atoms with van der Waals surface area (Å²) in [5.74, 6) is -1.69. The molecule has 5 nitrogen and oxygen atoms in total. The highest BCUT2D eigenvalue weighted by atomic mass is 19.1. The van der Waals surface area contributed by atoms with Crippen molar-refractivity contribution in [2.75, 3.05) is 5.06 Å². The van der Waals surface area contributed by atoms with Gasteiger partial charge in [-0.25, -0.2) is 9.45 Å². The van der Waals surface area contributed by atoms with Crippen LogP contribution in [0.2, 0.25) is 0 Å². The Bertz CT molecular complexity index is 1130. The van der Waals surface area contributed by atoms with Crippen LogP contribution in [0.3, 0.4) is 0 Å². The van der Waals surface area contributed by atoms with Crippen molar-refractivity contribution in [1.29, 1.82) is 0 Å². The van der Waals surface area contributed by atoms with Crippen molar-refractivity contribution in [3.8, 4) is 0 Å². The number of imide groups is 1. The number of hydroxylamine groups is 1. The van der Waals surface area contributed by atoms with E-state index in [2.05, 4.69) is 0 Å². The molecule has 5 rings (SSSR count). The summed E-state index contributed by atoms with van der Waals surface area (Å²) in [5.41, 5.74) is 3.33. The van der Waals surface area contributed by atoms with Crippen molar-refractivity contribution in [3.63, 3.8) is 0 Å². The third-order valence-corrected chi connectivity index (χ3v) is 5.95. The summed E-state index contributed by atoms with van der Waals surface area (Å²) in [6.45, 7) is 2.15. The Labute approximate surface area is 179 Å². The Hall–Kier alpha value is -3.51. The minimum Gasteiger partial charge on any atom is -0.275 e. The highest BCUT2D eigenvalue weighted by Crippen LogP contribution is 2.47. The average molecular weight is 416 g/mol. The number of anilines is 1. The average Bonchev–Trinajstić information content (AvgIpc) is 3.27. The number of hydrogen-bond acceptors (Lipinski definition) is 4. The second kappa shape index (κ2) is 7.63. The molecule has 31 heavy (non-hydrogen) atoms. The van der Waals surface area contributed by atoms with E-state index in [4.69, 9.17) is 4.84 Å². The van der Waals surface area contributed by atoms with Crippen LogP contribution in [0.1, 0.15) is 22.7 Å². The van der Waals surface area contributed by atoms with Crippen LogP contribution in [0.5, 0.6) is 0 Å². The number of halogens is 1. The van der Waals surface area contributed by atoms with E-state index in [1.165, 1.54) is 17.0 Å². The molecule has 6 heteroatoms. The van der Waals surface area contributed by atoms with Gasteiger partial charge in [0.2, 0.25) is 5.91 Å². The molecule has 0 radical (unpaired) electrons. The van der Waals surface area contributed by atoms with E-state index in [1.54, 1.807) is 17.2 Å². The lowest BCUT2D eigenvalue weighted by Crippen LogP contribution is -2.37. The van der Waals surface area contributed by atoms with Crippen LogP contribution < -0.4 is 5.06 Å². The molecule has 2 saturated heterocycles.